The van der Waals surface area contributed by atoms with Crippen LogP contribution in [0.15, 0.2) is 48.5 Å². The number of hydrogen-bond donors (Lipinski definition) is 1. The van der Waals surface area contributed by atoms with Gasteiger partial charge in [-0.1, -0.05) is 66.5 Å². The van der Waals surface area contributed by atoms with Gasteiger partial charge in [0.15, 0.2) is 0 Å². The van der Waals surface area contributed by atoms with E-state index in [1.54, 1.807) is 23.1 Å². The Kier molecular flexibility index (Phi) is 8.14. The van der Waals surface area contributed by atoms with Crippen molar-refractivity contribution < 1.29 is 9.59 Å². The Morgan fingerprint density at radius 1 is 1.00 bits per heavy atom. The van der Waals surface area contributed by atoms with Gasteiger partial charge in [0, 0.05) is 13.1 Å². The fraction of sp³-hybridized carbons (Fsp3) is 0.333. The van der Waals surface area contributed by atoms with Gasteiger partial charge in [-0.25, -0.2) is 0 Å². The molecule has 144 valence electrons. The normalized spacial score (nSPS) is 11.7. The third kappa shape index (κ3) is 5.98. The molecule has 0 aliphatic carbocycles. The fourth-order valence-corrected chi connectivity index (χ4v) is 3.24. The van der Waals surface area contributed by atoms with Crippen molar-refractivity contribution in [3.8, 4) is 0 Å². The maximum Gasteiger partial charge on any atom is 0.242 e. The summed E-state index contributed by atoms with van der Waals surface area (Å²) in [4.78, 5) is 27.3. The van der Waals surface area contributed by atoms with E-state index in [2.05, 4.69) is 5.32 Å². The smallest absolute Gasteiger partial charge is 0.242 e. The molecule has 2 aromatic rings. The molecule has 2 aromatic carbocycles. The molecule has 27 heavy (non-hydrogen) atoms. The average Bonchev–Trinajstić information content (AvgIpc) is 2.65. The van der Waals surface area contributed by atoms with Gasteiger partial charge in [-0.15, -0.1) is 0 Å². The Balaban J connectivity index is 2.27. The molecule has 0 spiro atoms. The molecule has 4 nitrogen and oxygen atoms in total. The number of amides is 2. The van der Waals surface area contributed by atoms with Gasteiger partial charge in [-0.2, -0.15) is 0 Å². The zero-order valence-electron chi connectivity index (χ0n) is 15.5. The fourth-order valence-electron chi connectivity index (χ4n) is 2.92. The Labute approximate surface area is 170 Å². The van der Waals surface area contributed by atoms with Crippen LogP contribution in [0.1, 0.15) is 31.4 Å². The standard InChI is InChI=1S/C21H24Cl2N2O2/c1-3-19(21(27)24-4-2)25(14-15-8-6-5-7-9-15)20(26)13-16-10-11-17(22)18(23)12-16/h5-12,19H,3-4,13-14H2,1-2H3,(H,24,27)/t19-/m0/s1. The summed E-state index contributed by atoms with van der Waals surface area (Å²) < 4.78 is 0. The highest BCUT2D eigenvalue weighted by Crippen LogP contribution is 2.23. The zero-order valence-corrected chi connectivity index (χ0v) is 17.1. The molecule has 1 atom stereocenters. The van der Waals surface area contributed by atoms with E-state index in [9.17, 15) is 9.59 Å². The van der Waals surface area contributed by atoms with E-state index in [1.165, 1.54) is 0 Å². The Morgan fingerprint density at radius 3 is 2.30 bits per heavy atom. The average molecular weight is 407 g/mol. The quantitative estimate of drug-likeness (QED) is 0.702. The maximum absolute atomic E-state index is 13.1. The number of nitrogens with zero attached hydrogens (tertiary/aromatic N) is 1. The van der Waals surface area contributed by atoms with Gasteiger partial charge in [-0.3, -0.25) is 9.59 Å². The molecule has 0 saturated carbocycles. The molecular weight excluding hydrogens is 383 g/mol. The molecule has 2 rings (SSSR count). The summed E-state index contributed by atoms with van der Waals surface area (Å²) in [6.45, 7) is 4.67. The molecule has 0 unspecified atom stereocenters. The molecular formula is C21H24Cl2N2O2. The molecule has 0 aliphatic heterocycles. The lowest BCUT2D eigenvalue weighted by atomic mass is 10.1. The topological polar surface area (TPSA) is 49.4 Å². The van der Waals surface area contributed by atoms with Crippen LogP contribution in [0.25, 0.3) is 0 Å². The number of halogens is 2. The zero-order chi connectivity index (χ0) is 19.8. The Bertz CT molecular complexity index is 781. The second-order valence-electron chi connectivity index (χ2n) is 6.25. The second kappa shape index (κ2) is 10.3. The molecule has 0 fully saturated rings. The largest absolute Gasteiger partial charge is 0.355 e. The van der Waals surface area contributed by atoms with Crippen molar-refractivity contribution in [3.05, 3.63) is 69.7 Å². The summed E-state index contributed by atoms with van der Waals surface area (Å²) in [5.41, 5.74) is 1.74. The van der Waals surface area contributed by atoms with Crippen molar-refractivity contribution in [2.75, 3.05) is 6.54 Å². The van der Waals surface area contributed by atoms with Crippen molar-refractivity contribution in [1.82, 2.24) is 10.2 Å². The van der Waals surface area contributed by atoms with E-state index >= 15 is 0 Å². The summed E-state index contributed by atoms with van der Waals surface area (Å²) >= 11 is 12.0. The Morgan fingerprint density at radius 2 is 1.70 bits per heavy atom. The van der Waals surface area contributed by atoms with Crippen LogP contribution in [-0.2, 0) is 22.6 Å². The van der Waals surface area contributed by atoms with Crippen LogP contribution in [0.4, 0.5) is 0 Å². The summed E-state index contributed by atoms with van der Waals surface area (Å²) in [7, 11) is 0. The monoisotopic (exact) mass is 406 g/mol. The number of nitrogens with one attached hydrogen (secondary N) is 1. The van der Waals surface area contributed by atoms with E-state index < -0.39 is 6.04 Å². The molecule has 0 saturated heterocycles. The molecule has 0 heterocycles. The third-order valence-corrected chi connectivity index (χ3v) is 5.01. The summed E-state index contributed by atoms with van der Waals surface area (Å²) in [5.74, 6) is -0.270. The summed E-state index contributed by atoms with van der Waals surface area (Å²) in [6, 6.07) is 14.3. The predicted octanol–water partition coefficient (Wildman–Crippen LogP) is 4.48. The van der Waals surface area contributed by atoms with Crippen LogP contribution < -0.4 is 5.32 Å². The van der Waals surface area contributed by atoms with Crippen LogP contribution in [0, 0.1) is 0 Å². The molecule has 6 heteroatoms. The minimum atomic E-state index is -0.527. The van der Waals surface area contributed by atoms with Crippen molar-refractivity contribution in [2.45, 2.75) is 39.3 Å². The molecule has 0 radical (unpaired) electrons. The number of likely N-dealkylation sites (N-methyl/N-ethyl adjacent to an activating group) is 1. The minimum Gasteiger partial charge on any atom is -0.355 e. The summed E-state index contributed by atoms with van der Waals surface area (Å²) in [6.07, 6.45) is 0.686. The number of carbonyl (C=O) groups excluding carboxylic acids is 2. The molecule has 0 aromatic heterocycles. The molecule has 0 bridgehead atoms. The van der Waals surface area contributed by atoms with E-state index in [4.69, 9.17) is 23.2 Å². The highest BCUT2D eigenvalue weighted by molar-refractivity contribution is 6.42. The maximum atomic E-state index is 13.1. The van der Waals surface area contributed by atoms with E-state index in [1.807, 2.05) is 44.2 Å². The van der Waals surface area contributed by atoms with Crippen LogP contribution in [0.2, 0.25) is 10.0 Å². The van der Waals surface area contributed by atoms with Gasteiger partial charge < -0.3 is 10.2 Å². The van der Waals surface area contributed by atoms with Gasteiger partial charge in [0.1, 0.15) is 6.04 Å². The highest BCUT2D eigenvalue weighted by Gasteiger charge is 2.28. The van der Waals surface area contributed by atoms with E-state index in [0.29, 0.717) is 29.6 Å². The van der Waals surface area contributed by atoms with Crippen molar-refractivity contribution >= 4 is 35.0 Å². The SMILES string of the molecule is CCNC(=O)[C@H](CC)N(Cc1ccccc1)C(=O)Cc1ccc(Cl)c(Cl)c1. The van der Waals surface area contributed by atoms with Crippen LogP contribution in [0.5, 0.6) is 0 Å². The lowest BCUT2D eigenvalue weighted by Crippen LogP contribution is -2.49. The van der Waals surface area contributed by atoms with Crippen LogP contribution >= 0.6 is 23.2 Å². The van der Waals surface area contributed by atoms with Crippen LogP contribution in [-0.4, -0.2) is 29.3 Å². The number of rotatable bonds is 8. The summed E-state index contributed by atoms with van der Waals surface area (Å²) in [5, 5.41) is 3.68. The van der Waals surface area contributed by atoms with Gasteiger partial charge in [0.05, 0.1) is 16.5 Å². The first-order valence-electron chi connectivity index (χ1n) is 9.01. The lowest BCUT2D eigenvalue weighted by Gasteiger charge is -2.30. The highest BCUT2D eigenvalue weighted by atomic mass is 35.5. The molecule has 2 amide bonds. The van der Waals surface area contributed by atoms with Crippen molar-refractivity contribution in [2.24, 2.45) is 0 Å². The second-order valence-corrected chi connectivity index (χ2v) is 7.07. The minimum absolute atomic E-state index is 0.129. The first-order chi connectivity index (χ1) is 13.0. The van der Waals surface area contributed by atoms with Crippen molar-refractivity contribution in [1.29, 1.82) is 0 Å². The number of benzene rings is 2. The number of hydrogen-bond acceptors (Lipinski definition) is 2. The van der Waals surface area contributed by atoms with Gasteiger partial charge >= 0.3 is 0 Å². The van der Waals surface area contributed by atoms with Gasteiger partial charge in [0.2, 0.25) is 11.8 Å². The third-order valence-electron chi connectivity index (χ3n) is 4.27. The van der Waals surface area contributed by atoms with Crippen LogP contribution in [0.3, 0.4) is 0 Å². The first-order valence-corrected chi connectivity index (χ1v) is 9.76. The lowest BCUT2D eigenvalue weighted by molar-refractivity contribution is -0.140. The molecule has 1 N–H and O–H groups in total. The predicted molar refractivity (Wildman–Crippen MR) is 110 cm³/mol. The Hall–Kier alpha value is -2.04. The molecule has 0 aliphatic rings. The van der Waals surface area contributed by atoms with E-state index in [-0.39, 0.29) is 18.2 Å². The van der Waals surface area contributed by atoms with E-state index in [0.717, 1.165) is 11.1 Å². The number of carbonyl (C=O) groups is 2. The van der Waals surface area contributed by atoms with Gasteiger partial charge in [-0.05, 0) is 36.6 Å². The van der Waals surface area contributed by atoms with Gasteiger partial charge in [0.25, 0.3) is 0 Å². The van der Waals surface area contributed by atoms with Crippen molar-refractivity contribution in [3.63, 3.8) is 0 Å². The first kappa shape index (κ1) is 21.3.